The summed E-state index contributed by atoms with van der Waals surface area (Å²) < 4.78 is 7.28. The van der Waals surface area contributed by atoms with Gasteiger partial charge in [0.15, 0.2) is 0 Å². The molecule has 1 atom stereocenters. The predicted octanol–water partition coefficient (Wildman–Crippen LogP) is 2.61. The average Bonchev–Trinajstić information content (AvgIpc) is 3.21. The largest absolute Gasteiger partial charge is 0.463 e. The van der Waals surface area contributed by atoms with Crippen molar-refractivity contribution in [3.05, 3.63) is 53.8 Å². The van der Waals surface area contributed by atoms with Crippen LogP contribution in [0.3, 0.4) is 0 Å². The molecule has 0 saturated carbocycles. The van der Waals surface area contributed by atoms with Gasteiger partial charge in [-0.2, -0.15) is 0 Å². The number of aromatic amines is 1. The van der Waals surface area contributed by atoms with Gasteiger partial charge in [0.2, 0.25) is 5.95 Å². The lowest BCUT2D eigenvalue weighted by atomic mass is 10.00. The number of esters is 1. The zero-order chi connectivity index (χ0) is 16.7. The van der Waals surface area contributed by atoms with E-state index < -0.39 is 0 Å². The van der Waals surface area contributed by atoms with Crippen LogP contribution in [0.25, 0.3) is 11.0 Å². The lowest BCUT2D eigenvalue weighted by molar-refractivity contribution is -0.139. The predicted molar refractivity (Wildman–Crippen MR) is 89.4 cm³/mol. The van der Waals surface area contributed by atoms with Gasteiger partial charge in [0.05, 0.1) is 41.4 Å². The lowest BCUT2D eigenvalue weighted by Gasteiger charge is -2.29. The van der Waals surface area contributed by atoms with Crippen LogP contribution in [0.5, 0.6) is 0 Å². The van der Waals surface area contributed by atoms with E-state index in [4.69, 9.17) is 4.74 Å². The number of allylic oxidation sites excluding steroid dienone is 1. The summed E-state index contributed by atoms with van der Waals surface area (Å²) >= 11 is 0. The van der Waals surface area contributed by atoms with Crippen molar-refractivity contribution in [3.8, 4) is 0 Å². The molecule has 2 aromatic heterocycles. The third-order valence-corrected chi connectivity index (χ3v) is 4.14. The van der Waals surface area contributed by atoms with Gasteiger partial charge < -0.3 is 15.0 Å². The summed E-state index contributed by atoms with van der Waals surface area (Å²) in [4.78, 5) is 24.5. The Labute approximate surface area is 138 Å². The molecule has 0 spiro atoms. The lowest BCUT2D eigenvalue weighted by Crippen LogP contribution is -2.29. The third kappa shape index (κ3) is 2.09. The number of rotatable bonds is 3. The highest BCUT2D eigenvalue weighted by atomic mass is 16.5. The van der Waals surface area contributed by atoms with Crippen LogP contribution in [-0.2, 0) is 9.53 Å². The number of para-hydroxylation sites is 2. The first kappa shape index (κ1) is 14.5. The molecule has 122 valence electrons. The molecule has 3 aromatic rings. The van der Waals surface area contributed by atoms with Gasteiger partial charge in [-0.15, -0.1) is 0 Å². The van der Waals surface area contributed by atoms with Crippen molar-refractivity contribution >= 4 is 23.0 Å². The molecule has 0 amide bonds. The molecule has 1 unspecified atom stereocenters. The van der Waals surface area contributed by atoms with E-state index >= 15 is 0 Å². The highest BCUT2D eigenvalue weighted by Crippen LogP contribution is 2.38. The van der Waals surface area contributed by atoms with E-state index in [2.05, 4.69) is 20.3 Å². The molecule has 1 aliphatic rings. The topological polar surface area (TPSA) is 84.8 Å². The molecule has 0 radical (unpaired) electrons. The summed E-state index contributed by atoms with van der Waals surface area (Å²) in [7, 11) is 0. The molecule has 24 heavy (non-hydrogen) atoms. The molecular weight excluding hydrogens is 306 g/mol. The fraction of sp³-hybridized carbons (Fsp3) is 0.235. The van der Waals surface area contributed by atoms with Gasteiger partial charge in [0.25, 0.3) is 0 Å². The first-order valence-electron chi connectivity index (χ1n) is 7.81. The molecule has 0 aliphatic carbocycles. The quantitative estimate of drug-likeness (QED) is 0.724. The van der Waals surface area contributed by atoms with Gasteiger partial charge >= 0.3 is 5.97 Å². The fourth-order valence-electron chi connectivity index (χ4n) is 3.15. The Morgan fingerprint density at radius 1 is 1.38 bits per heavy atom. The van der Waals surface area contributed by atoms with E-state index in [1.165, 1.54) is 0 Å². The van der Waals surface area contributed by atoms with Gasteiger partial charge in [0, 0.05) is 5.70 Å². The number of hydrogen-bond acceptors (Lipinski definition) is 5. The van der Waals surface area contributed by atoms with E-state index in [9.17, 15) is 4.79 Å². The second kappa shape index (κ2) is 5.52. The van der Waals surface area contributed by atoms with Gasteiger partial charge in [-0.1, -0.05) is 12.1 Å². The van der Waals surface area contributed by atoms with Crippen molar-refractivity contribution in [2.45, 2.75) is 19.9 Å². The summed E-state index contributed by atoms with van der Waals surface area (Å²) in [6.07, 6.45) is 3.33. The van der Waals surface area contributed by atoms with Crippen LogP contribution in [0.1, 0.15) is 25.6 Å². The number of H-pyrrole nitrogens is 1. The summed E-state index contributed by atoms with van der Waals surface area (Å²) in [5.74, 6) is 0.354. The van der Waals surface area contributed by atoms with Crippen molar-refractivity contribution < 1.29 is 9.53 Å². The minimum Gasteiger partial charge on any atom is -0.463 e. The number of hydrogen-bond donors (Lipinski definition) is 2. The molecule has 1 aliphatic heterocycles. The smallest absolute Gasteiger partial charge is 0.338 e. The maximum absolute atomic E-state index is 12.6. The maximum Gasteiger partial charge on any atom is 0.338 e. The van der Waals surface area contributed by atoms with Gasteiger partial charge in [-0.25, -0.2) is 14.8 Å². The van der Waals surface area contributed by atoms with Gasteiger partial charge in [0.1, 0.15) is 6.04 Å². The molecule has 7 nitrogen and oxygen atoms in total. The number of benzene rings is 1. The zero-order valence-corrected chi connectivity index (χ0v) is 13.4. The molecule has 4 rings (SSSR count). The monoisotopic (exact) mass is 323 g/mol. The highest BCUT2D eigenvalue weighted by molar-refractivity contribution is 5.93. The molecule has 1 aromatic carbocycles. The second-order valence-electron chi connectivity index (χ2n) is 5.59. The minimum atomic E-state index is -0.366. The van der Waals surface area contributed by atoms with E-state index in [1.807, 2.05) is 35.8 Å². The van der Waals surface area contributed by atoms with Crippen molar-refractivity contribution in [3.63, 3.8) is 0 Å². The maximum atomic E-state index is 12.6. The van der Waals surface area contributed by atoms with Crippen molar-refractivity contribution in [1.29, 1.82) is 0 Å². The van der Waals surface area contributed by atoms with E-state index in [-0.39, 0.29) is 12.0 Å². The first-order chi connectivity index (χ1) is 11.7. The highest BCUT2D eigenvalue weighted by Gasteiger charge is 2.35. The van der Waals surface area contributed by atoms with Crippen LogP contribution < -0.4 is 5.32 Å². The standard InChI is InChI=1S/C17H17N5O2/c1-3-24-16(23)14-10(2)20-17-21-11-6-4-5-7-13(11)22(17)15(14)12-8-18-9-19-12/h4-9,15H,3H2,1-2H3,(H,18,19)(H,20,21). The Morgan fingerprint density at radius 2 is 2.21 bits per heavy atom. The van der Waals surface area contributed by atoms with Crippen LogP contribution >= 0.6 is 0 Å². The molecule has 7 heteroatoms. The Kier molecular flexibility index (Phi) is 3.34. The average molecular weight is 323 g/mol. The fourth-order valence-corrected chi connectivity index (χ4v) is 3.15. The molecule has 0 fully saturated rings. The number of nitrogens with zero attached hydrogens (tertiary/aromatic N) is 3. The van der Waals surface area contributed by atoms with Crippen molar-refractivity contribution in [1.82, 2.24) is 19.5 Å². The summed E-state index contributed by atoms with van der Waals surface area (Å²) in [5, 5.41) is 3.23. The molecular formula is C17H17N5O2. The molecule has 0 bridgehead atoms. The van der Waals surface area contributed by atoms with E-state index in [0.717, 1.165) is 22.4 Å². The minimum absolute atomic E-state index is 0.322. The Bertz CT molecular complexity index is 939. The van der Waals surface area contributed by atoms with Crippen LogP contribution in [0, 0.1) is 0 Å². The Balaban J connectivity index is 1.97. The number of carbonyl (C=O) groups is 1. The summed E-state index contributed by atoms with van der Waals surface area (Å²) in [6.45, 7) is 3.98. The molecule has 2 N–H and O–H groups in total. The first-order valence-corrected chi connectivity index (χ1v) is 7.81. The summed E-state index contributed by atoms with van der Waals surface area (Å²) in [6, 6.07) is 7.47. The number of anilines is 1. The number of ether oxygens (including phenoxy) is 1. The van der Waals surface area contributed by atoms with Crippen LogP contribution in [0.2, 0.25) is 0 Å². The van der Waals surface area contributed by atoms with Crippen LogP contribution in [0.15, 0.2) is 48.1 Å². The van der Waals surface area contributed by atoms with Crippen molar-refractivity contribution in [2.75, 3.05) is 11.9 Å². The van der Waals surface area contributed by atoms with Crippen LogP contribution in [-0.4, -0.2) is 32.1 Å². The Morgan fingerprint density at radius 3 is 2.96 bits per heavy atom. The number of imidazole rings is 2. The second-order valence-corrected chi connectivity index (χ2v) is 5.59. The Hall–Kier alpha value is -3.09. The summed E-state index contributed by atoms with van der Waals surface area (Å²) in [5.41, 5.74) is 3.90. The third-order valence-electron chi connectivity index (χ3n) is 4.14. The number of carbonyl (C=O) groups excluding carboxylic acids is 1. The van der Waals surface area contributed by atoms with Crippen molar-refractivity contribution in [2.24, 2.45) is 0 Å². The number of aromatic nitrogens is 4. The van der Waals surface area contributed by atoms with E-state index in [0.29, 0.717) is 18.1 Å². The normalized spacial score (nSPS) is 16.8. The van der Waals surface area contributed by atoms with E-state index in [1.54, 1.807) is 19.4 Å². The van der Waals surface area contributed by atoms with Crippen LogP contribution in [0.4, 0.5) is 5.95 Å². The zero-order valence-electron chi connectivity index (χ0n) is 13.4. The van der Waals surface area contributed by atoms with Gasteiger partial charge in [-0.3, -0.25) is 4.57 Å². The van der Waals surface area contributed by atoms with Gasteiger partial charge in [-0.05, 0) is 26.0 Å². The number of fused-ring (bicyclic) bond motifs is 3. The number of nitrogens with one attached hydrogen (secondary N) is 2. The molecule has 3 heterocycles. The molecule has 0 saturated heterocycles. The SMILES string of the molecule is CCOC(=O)C1=C(C)Nc2nc3ccccc3n2C1c1cnc[nH]1.